The molecule has 1 aliphatic heterocycles. The Kier molecular flexibility index (Phi) is 4.57. The van der Waals surface area contributed by atoms with Crippen LogP contribution in [0.4, 0.5) is 0 Å². The largest absolute Gasteiger partial charge is 0.492 e. The number of fused-ring (bicyclic) bond motifs is 1. The maximum atomic E-state index is 6.04. The van der Waals surface area contributed by atoms with Crippen molar-refractivity contribution in [3.8, 4) is 0 Å². The van der Waals surface area contributed by atoms with Crippen molar-refractivity contribution < 1.29 is 9.15 Å². The van der Waals surface area contributed by atoms with Crippen LogP contribution in [0.3, 0.4) is 0 Å². The fourth-order valence-electron chi connectivity index (χ4n) is 3.05. The second kappa shape index (κ2) is 5.92. The quantitative estimate of drug-likeness (QED) is 0.594. The highest BCUT2D eigenvalue weighted by atomic mass is 35.5. The molecule has 2 heterocycles. The van der Waals surface area contributed by atoms with Crippen LogP contribution in [0.2, 0.25) is 5.22 Å². The first-order chi connectivity index (χ1) is 9.69. The maximum Gasteiger partial charge on any atom is 0.193 e. The highest BCUT2D eigenvalue weighted by Gasteiger charge is 2.41. The fourth-order valence-corrected chi connectivity index (χ4v) is 3.24. The van der Waals surface area contributed by atoms with Crippen molar-refractivity contribution in [1.29, 1.82) is 0 Å². The lowest BCUT2D eigenvalue weighted by molar-refractivity contribution is 0.0751. The zero-order chi connectivity index (χ0) is 15.8. The lowest BCUT2D eigenvalue weighted by atomic mass is 9.80. The standard InChI is InChI=1S/C13H20O.C5H5ClO/c1-8-6-9(2)11-7-13(4,5)14-12(11)10(8)3;1-4-2-3-5(6)7-4/h6,9,11H,7H2,1-5H3;2-3H,1H3. The summed E-state index contributed by atoms with van der Waals surface area (Å²) in [5.74, 6) is 3.36. The van der Waals surface area contributed by atoms with Crippen molar-refractivity contribution in [2.24, 2.45) is 11.8 Å². The van der Waals surface area contributed by atoms with Crippen molar-refractivity contribution in [3.63, 3.8) is 0 Å². The van der Waals surface area contributed by atoms with E-state index < -0.39 is 0 Å². The van der Waals surface area contributed by atoms with E-state index in [1.165, 1.54) is 16.9 Å². The van der Waals surface area contributed by atoms with Crippen LogP contribution in [-0.4, -0.2) is 5.60 Å². The lowest BCUT2D eigenvalue weighted by Gasteiger charge is -2.24. The molecular formula is C18H25ClO2. The Hall–Kier alpha value is -1.15. The van der Waals surface area contributed by atoms with Gasteiger partial charge in [-0.15, -0.1) is 0 Å². The number of aryl methyl sites for hydroxylation is 1. The van der Waals surface area contributed by atoms with Gasteiger partial charge in [-0.1, -0.05) is 13.0 Å². The second-order valence-corrected chi connectivity index (χ2v) is 7.09. The minimum Gasteiger partial charge on any atom is -0.492 e. The monoisotopic (exact) mass is 308 g/mol. The number of hydrogen-bond donors (Lipinski definition) is 0. The van der Waals surface area contributed by atoms with Crippen molar-refractivity contribution >= 4 is 11.6 Å². The van der Waals surface area contributed by atoms with Crippen LogP contribution in [0.1, 0.15) is 46.8 Å². The third kappa shape index (κ3) is 3.74. The molecule has 3 rings (SSSR count). The van der Waals surface area contributed by atoms with Crippen LogP contribution in [0.15, 0.2) is 39.5 Å². The van der Waals surface area contributed by atoms with E-state index in [0.717, 1.165) is 12.2 Å². The van der Waals surface area contributed by atoms with Gasteiger partial charge in [0, 0.05) is 5.92 Å². The van der Waals surface area contributed by atoms with Crippen LogP contribution < -0.4 is 0 Å². The number of rotatable bonds is 0. The SMILES string of the molecule is CC1=CC(C)C2CC(C)(C)OC2=C1C.Cc1ccc(Cl)o1. The van der Waals surface area contributed by atoms with Gasteiger partial charge in [0.15, 0.2) is 5.22 Å². The number of hydrogen-bond acceptors (Lipinski definition) is 2. The molecule has 1 saturated heterocycles. The molecule has 0 amide bonds. The Balaban J connectivity index is 0.000000194. The van der Waals surface area contributed by atoms with E-state index in [4.69, 9.17) is 20.8 Å². The first-order valence-corrected chi connectivity index (χ1v) is 7.88. The van der Waals surface area contributed by atoms with Crippen LogP contribution in [0, 0.1) is 18.8 Å². The molecule has 0 radical (unpaired) electrons. The number of allylic oxidation sites excluding steroid dienone is 4. The first-order valence-electron chi connectivity index (χ1n) is 7.50. The van der Waals surface area contributed by atoms with E-state index in [1.807, 2.05) is 13.0 Å². The van der Waals surface area contributed by atoms with Crippen LogP contribution in [-0.2, 0) is 4.74 Å². The molecule has 1 fully saturated rings. The van der Waals surface area contributed by atoms with Gasteiger partial charge in [0.25, 0.3) is 0 Å². The summed E-state index contributed by atoms with van der Waals surface area (Å²) in [5, 5.41) is 0.456. The Morgan fingerprint density at radius 2 is 1.86 bits per heavy atom. The summed E-state index contributed by atoms with van der Waals surface area (Å²) in [6, 6.07) is 3.54. The van der Waals surface area contributed by atoms with Crippen LogP contribution in [0.5, 0.6) is 0 Å². The van der Waals surface area contributed by atoms with E-state index in [0.29, 0.717) is 17.1 Å². The Bertz CT molecular complexity index is 561. The average Bonchev–Trinajstić information content (AvgIpc) is 2.90. The minimum atomic E-state index is 0.0357. The van der Waals surface area contributed by atoms with Crippen molar-refractivity contribution in [2.45, 2.75) is 53.6 Å². The van der Waals surface area contributed by atoms with E-state index in [2.05, 4.69) is 40.7 Å². The van der Waals surface area contributed by atoms with Gasteiger partial charge < -0.3 is 9.15 Å². The van der Waals surface area contributed by atoms with Crippen LogP contribution >= 0.6 is 11.6 Å². The van der Waals surface area contributed by atoms with E-state index >= 15 is 0 Å². The van der Waals surface area contributed by atoms with Gasteiger partial charge in [-0.05, 0) is 81.8 Å². The van der Waals surface area contributed by atoms with Crippen molar-refractivity contribution in [3.05, 3.63) is 46.1 Å². The molecule has 0 saturated carbocycles. The molecule has 0 bridgehead atoms. The molecule has 0 spiro atoms. The van der Waals surface area contributed by atoms with Gasteiger partial charge in [-0.2, -0.15) is 0 Å². The average molecular weight is 309 g/mol. The predicted octanol–water partition coefficient (Wildman–Crippen LogP) is 5.91. The van der Waals surface area contributed by atoms with Gasteiger partial charge in [-0.3, -0.25) is 0 Å². The molecular weight excluding hydrogens is 284 g/mol. The summed E-state index contributed by atoms with van der Waals surface area (Å²) in [7, 11) is 0. The molecule has 116 valence electrons. The normalized spacial score (nSPS) is 26.5. The molecule has 1 aromatic heterocycles. The highest BCUT2D eigenvalue weighted by molar-refractivity contribution is 6.28. The molecule has 0 aromatic carbocycles. The van der Waals surface area contributed by atoms with Gasteiger partial charge in [-0.25, -0.2) is 0 Å². The zero-order valence-corrected chi connectivity index (χ0v) is 14.5. The molecule has 0 N–H and O–H groups in total. The smallest absolute Gasteiger partial charge is 0.193 e. The van der Waals surface area contributed by atoms with Gasteiger partial charge >= 0.3 is 0 Å². The minimum absolute atomic E-state index is 0.0357. The van der Waals surface area contributed by atoms with E-state index in [1.54, 1.807) is 6.07 Å². The first kappa shape index (κ1) is 16.2. The molecule has 2 nitrogen and oxygen atoms in total. The molecule has 1 aromatic rings. The summed E-state index contributed by atoms with van der Waals surface area (Å²) in [6.07, 6.45) is 3.54. The zero-order valence-electron chi connectivity index (χ0n) is 13.8. The predicted molar refractivity (Wildman–Crippen MR) is 87.3 cm³/mol. The van der Waals surface area contributed by atoms with Crippen molar-refractivity contribution in [1.82, 2.24) is 0 Å². The topological polar surface area (TPSA) is 22.4 Å². The lowest BCUT2D eigenvalue weighted by Crippen LogP contribution is -2.17. The summed E-state index contributed by atoms with van der Waals surface area (Å²) in [5.41, 5.74) is 2.79. The summed E-state index contributed by atoms with van der Waals surface area (Å²) in [4.78, 5) is 0. The molecule has 3 heteroatoms. The molecule has 21 heavy (non-hydrogen) atoms. The van der Waals surface area contributed by atoms with Gasteiger partial charge in [0.1, 0.15) is 17.1 Å². The van der Waals surface area contributed by atoms with Crippen molar-refractivity contribution in [2.75, 3.05) is 0 Å². The summed E-state index contributed by atoms with van der Waals surface area (Å²) < 4.78 is 10.9. The third-order valence-corrected chi connectivity index (χ3v) is 4.45. The Labute approximate surface area is 132 Å². The Morgan fingerprint density at radius 3 is 2.33 bits per heavy atom. The fraction of sp³-hybridized carbons (Fsp3) is 0.556. The molecule has 2 unspecified atom stereocenters. The Morgan fingerprint density at radius 1 is 1.19 bits per heavy atom. The highest BCUT2D eigenvalue weighted by Crippen LogP contribution is 2.46. The molecule has 2 atom stereocenters. The van der Waals surface area contributed by atoms with E-state index in [-0.39, 0.29) is 5.60 Å². The van der Waals surface area contributed by atoms with Gasteiger partial charge in [0.05, 0.1) is 0 Å². The van der Waals surface area contributed by atoms with Crippen LogP contribution in [0.25, 0.3) is 0 Å². The molecule has 2 aliphatic rings. The number of halogens is 1. The van der Waals surface area contributed by atoms with E-state index in [9.17, 15) is 0 Å². The number of furan rings is 1. The summed E-state index contributed by atoms with van der Waals surface area (Å²) in [6.45, 7) is 12.9. The molecule has 1 aliphatic carbocycles. The van der Waals surface area contributed by atoms with Gasteiger partial charge in [0.2, 0.25) is 0 Å². The maximum absolute atomic E-state index is 6.04. The third-order valence-electron chi connectivity index (χ3n) is 4.25. The second-order valence-electron chi connectivity index (χ2n) is 6.72. The number of ether oxygens (including phenoxy) is 1. The summed E-state index contributed by atoms with van der Waals surface area (Å²) >= 11 is 5.39.